The van der Waals surface area contributed by atoms with Gasteiger partial charge in [-0.3, -0.25) is 10.1 Å². The molecule has 0 saturated heterocycles. The molecule has 8 heteroatoms. The summed E-state index contributed by atoms with van der Waals surface area (Å²) in [4.78, 5) is 15.1. The summed E-state index contributed by atoms with van der Waals surface area (Å²) in [7, 11) is 1.66. The fraction of sp³-hybridized carbons (Fsp3) is 0.143. The molecule has 0 atom stereocenters. The molecule has 0 fully saturated rings. The van der Waals surface area contributed by atoms with Crippen LogP contribution in [0.4, 0.5) is 5.82 Å². The lowest BCUT2D eigenvalue weighted by Gasteiger charge is -2.22. The zero-order chi connectivity index (χ0) is 19.6. The second kappa shape index (κ2) is 7.23. The first-order valence-corrected chi connectivity index (χ1v) is 9.17. The highest BCUT2D eigenvalue weighted by atomic mass is 16.5. The van der Waals surface area contributed by atoms with Crippen molar-refractivity contribution < 1.29 is 9.47 Å². The molecule has 1 N–H and O–H groups in total. The van der Waals surface area contributed by atoms with Gasteiger partial charge in [0, 0.05) is 35.6 Å². The first-order valence-electron chi connectivity index (χ1n) is 9.17. The predicted octanol–water partition coefficient (Wildman–Crippen LogP) is 3.40. The number of hydrogen-bond donors (Lipinski definition) is 1. The Morgan fingerprint density at radius 3 is 3.00 bits per heavy atom. The van der Waals surface area contributed by atoms with E-state index < -0.39 is 0 Å². The van der Waals surface area contributed by atoms with Gasteiger partial charge in [-0.1, -0.05) is 6.07 Å². The number of fused-ring (bicyclic) bond motifs is 1. The van der Waals surface area contributed by atoms with Crippen molar-refractivity contribution in [2.24, 2.45) is 0 Å². The lowest BCUT2D eigenvalue weighted by Crippen LogP contribution is -2.25. The molecule has 0 unspecified atom stereocenters. The van der Waals surface area contributed by atoms with Crippen molar-refractivity contribution in [2.75, 3.05) is 25.2 Å². The highest BCUT2D eigenvalue weighted by Crippen LogP contribution is 2.34. The molecule has 0 aliphatic carbocycles. The Hall–Kier alpha value is -3.94. The van der Waals surface area contributed by atoms with Gasteiger partial charge in [-0.25, -0.2) is 9.97 Å². The number of benzene rings is 1. The van der Waals surface area contributed by atoms with Crippen LogP contribution in [0.25, 0.3) is 33.4 Å². The predicted molar refractivity (Wildman–Crippen MR) is 109 cm³/mol. The van der Waals surface area contributed by atoms with Crippen molar-refractivity contribution in [3.63, 3.8) is 0 Å². The van der Waals surface area contributed by atoms with Gasteiger partial charge in [-0.15, -0.1) is 0 Å². The van der Waals surface area contributed by atoms with Gasteiger partial charge in [0.2, 0.25) is 0 Å². The number of methoxy groups -OCH3 is 1. The Morgan fingerprint density at radius 1 is 1.17 bits per heavy atom. The van der Waals surface area contributed by atoms with E-state index in [-0.39, 0.29) is 0 Å². The lowest BCUT2D eigenvalue weighted by atomic mass is 10.0. The first kappa shape index (κ1) is 17.2. The number of nitrogens with zero attached hydrogens (tertiary/aromatic N) is 5. The maximum atomic E-state index is 5.48. The Morgan fingerprint density at radius 2 is 2.14 bits per heavy atom. The third-order valence-electron chi connectivity index (χ3n) is 4.85. The second-order valence-electron chi connectivity index (χ2n) is 6.52. The van der Waals surface area contributed by atoms with E-state index in [0.29, 0.717) is 6.61 Å². The van der Waals surface area contributed by atoms with Crippen molar-refractivity contribution >= 4 is 16.7 Å². The lowest BCUT2D eigenvalue weighted by molar-refractivity contribution is 0.245. The smallest absolute Gasteiger partial charge is 0.136 e. The maximum absolute atomic E-state index is 5.48. The van der Waals surface area contributed by atoms with Gasteiger partial charge in [-0.2, -0.15) is 5.10 Å². The summed E-state index contributed by atoms with van der Waals surface area (Å²) in [6.07, 6.45) is 8.61. The Bertz CT molecular complexity index is 1200. The van der Waals surface area contributed by atoms with Crippen molar-refractivity contribution in [1.82, 2.24) is 25.1 Å². The van der Waals surface area contributed by atoms with E-state index in [4.69, 9.17) is 9.47 Å². The number of aromatic amines is 1. The number of nitrogens with one attached hydrogen (secondary N) is 1. The molecule has 0 bridgehead atoms. The van der Waals surface area contributed by atoms with E-state index >= 15 is 0 Å². The first-order chi connectivity index (χ1) is 14.3. The minimum absolute atomic E-state index is 0.622. The quantitative estimate of drug-likeness (QED) is 0.575. The van der Waals surface area contributed by atoms with Crippen LogP contribution in [0.2, 0.25) is 0 Å². The standard InChI is InChI=1S/C21H18N6O2/c1-28-19-4-5-22-12-16(19)14-2-3-17-15(10-14)21(26-25-17)18-11-20(24-13-23-18)27-6-8-29-9-7-27/h2-6,8,10-13H,7,9H2,1H3,(H,25,26). The summed E-state index contributed by atoms with van der Waals surface area (Å²) in [6, 6.07) is 9.88. The van der Waals surface area contributed by atoms with Crippen LogP contribution in [0.15, 0.2) is 61.5 Å². The molecule has 1 aliphatic rings. The normalized spacial score (nSPS) is 13.5. The minimum Gasteiger partial charge on any atom is -0.498 e. The van der Waals surface area contributed by atoms with Gasteiger partial charge >= 0.3 is 0 Å². The summed E-state index contributed by atoms with van der Waals surface area (Å²) in [6.45, 7) is 1.36. The van der Waals surface area contributed by atoms with Gasteiger partial charge in [0.15, 0.2) is 0 Å². The molecular formula is C21H18N6O2. The van der Waals surface area contributed by atoms with Crippen LogP contribution in [0, 0.1) is 0 Å². The molecule has 5 rings (SSSR count). The Labute approximate surface area is 166 Å². The number of ether oxygens (including phenoxy) is 2. The van der Waals surface area contributed by atoms with Crippen LogP contribution in [-0.2, 0) is 4.74 Å². The number of H-pyrrole nitrogens is 1. The highest BCUT2D eigenvalue weighted by molar-refractivity contribution is 5.95. The van der Waals surface area contributed by atoms with Crippen molar-refractivity contribution in [3.8, 4) is 28.3 Å². The molecule has 0 spiro atoms. The molecule has 4 aromatic rings. The average molecular weight is 386 g/mol. The van der Waals surface area contributed by atoms with Crippen LogP contribution in [-0.4, -0.2) is 45.4 Å². The summed E-state index contributed by atoms with van der Waals surface area (Å²) < 4.78 is 10.7. The molecule has 1 aliphatic heterocycles. The summed E-state index contributed by atoms with van der Waals surface area (Å²) >= 11 is 0. The number of aromatic nitrogens is 5. The molecule has 3 aromatic heterocycles. The third-order valence-corrected chi connectivity index (χ3v) is 4.85. The van der Waals surface area contributed by atoms with E-state index in [1.165, 1.54) is 0 Å². The van der Waals surface area contributed by atoms with E-state index in [2.05, 4.69) is 31.2 Å². The van der Waals surface area contributed by atoms with E-state index in [1.54, 1.807) is 32.1 Å². The van der Waals surface area contributed by atoms with Gasteiger partial charge in [-0.05, 0) is 23.8 Å². The number of hydrogen-bond acceptors (Lipinski definition) is 7. The maximum Gasteiger partial charge on any atom is 0.136 e. The minimum atomic E-state index is 0.622. The molecule has 8 nitrogen and oxygen atoms in total. The fourth-order valence-electron chi connectivity index (χ4n) is 3.39. The summed E-state index contributed by atoms with van der Waals surface area (Å²) in [5.41, 5.74) is 4.36. The molecular weight excluding hydrogens is 368 g/mol. The van der Waals surface area contributed by atoms with E-state index in [9.17, 15) is 0 Å². The van der Waals surface area contributed by atoms with Gasteiger partial charge in [0.05, 0.1) is 31.1 Å². The largest absolute Gasteiger partial charge is 0.498 e. The molecule has 29 heavy (non-hydrogen) atoms. The monoisotopic (exact) mass is 386 g/mol. The second-order valence-corrected chi connectivity index (χ2v) is 6.52. The highest BCUT2D eigenvalue weighted by Gasteiger charge is 2.15. The molecule has 0 amide bonds. The molecule has 1 aromatic carbocycles. The van der Waals surface area contributed by atoms with Gasteiger partial charge < -0.3 is 14.4 Å². The van der Waals surface area contributed by atoms with Crippen LogP contribution < -0.4 is 9.64 Å². The van der Waals surface area contributed by atoms with Crippen LogP contribution >= 0.6 is 0 Å². The van der Waals surface area contributed by atoms with Crippen molar-refractivity contribution in [3.05, 3.63) is 61.5 Å². The number of anilines is 1. The zero-order valence-corrected chi connectivity index (χ0v) is 15.7. The van der Waals surface area contributed by atoms with Crippen molar-refractivity contribution in [2.45, 2.75) is 0 Å². The molecule has 4 heterocycles. The number of rotatable bonds is 4. The zero-order valence-electron chi connectivity index (χ0n) is 15.7. The third kappa shape index (κ3) is 3.14. The molecule has 0 saturated carbocycles. The number of pyridine rings is 1. The summed E-state index contributed by atoms with van der Waals surface area (Å²) in [5.74, 6) is 1.57. The molecule has 0 radical (unpaired) electrons. The summed E-state index contributed by atoms with van der Waals surface area (Å²) in [5, 5.41) is 8.56. The molecule has 144 valence electrons. The van der Waals surface area contributed by atoms with Crippen LogP contribution in [0.3, 0.4) is 0 Å². The Balaban J connectivity index is 1.59. The van der Waals surface area contributed by atoms with E-state index in [0.717, 1.165) is 51.5 Å². The van der Waals surface area contributed by atoms with Gasteiger partial charge in [0.25, 0.3) is 0 Å². The van der Waals surface area contributed by atoms with Gasteiger partial charge in [0.1, 0.15) is 30.2 Å². The van der Waals surface area contributed by atoms with Crippen LogP contribution in [0.5, 0.6) is 5.75 Å². The van der Waals surface area contributed by atoms with E-state index in [1.807, 2.05) is 35.4 Å². The fourth-order valence-corrected chi connectivity index (χ4v) is 3.39. The Kier molecular flexibility index (Phi) is 4.28. The topological polar surface area (TPSA) is 89.0 Å². The van der Waals surface area contributed by atoms with Crippen molar-refractivity contribution in [1.29, 1.82) is 0 Å². The SMILES string of the molecule is COc1ccncc1-c1ccc2[nH]nc(-c3cc(N4C=COCC4)ncn3)c2c1. The van der Waals surface area contributed by atoms with Crippen LogP contribution in [0.1, 0.15) is 0 Å². The average Bonchev–Trinajstić information content (AvgIpc) is 3.23.